The van der Waals surface area contributed by atoms with Gasteiger partial charge in [-0.1, -0.05) is 0 Å². The summed E-state index contributed by atoms with van der Waals surface area (Å²) in [6.45, 7) is 4.97. The number of β-amino-alcohol motifs (C(OH)–C–C–N with tert-alkyl or cyclic N) is 1. The Hall–Kier alpha value is -2.15. The Morgan fingerprint density at radius 2 is 2.00 bits per heavy atom. The Labute approximate surface area is 183 Å². The Balaban J connectivity index is 1.29. The van der Waals surface area contributed by atoms with Crippen molar-refractivity contribution in [1.29, 1.82) is 0 Å². The number of carbonyl (C=O) groups excluding carboxylic acids is 2. The molecule has 1 spiro atoms. The maximum Gasteiger partial charge on any atom is 0.230 e. The van der Waals surface area contributed by atoms with Crippen molar-refractivity contribution in [1.82, 2.24) is 9.88 Å². The molecule has 1 aromatic heterocycles. The standard InChI is InChI=1S/C24H33N3O4/c1-16(2)31-20-4-3-18(14-25-20)26-12-7-17-5-9-24(30,13-19(17)22(26)29)15-27-21(28)6-8-23(27)10-11-23/h3-4,14,16-17,19,30H,5-13,15H2,1-2H3. The van der Waals surface area contributed by atoms with Crippen LogP contribution in [0.4, 0.5) is 5.69 Å². The quantitative estimate of drug-likeness (QED) is 0.781. The first-order valence-electron chi connectivity index (χ1n) is 11.8. The van der Waals surface area contributed by atoms with Crippen LogP contribution in [0.25, 0.3) is 0 Å². The van der Waals surface area contributed by atoms with Gasteiger partial charge in [-0.3, -0.25) is 9.59 Å². The van der Waals surface area contributed by atoms with E-state index >= 15 is 0 Å². The predicted molar refractivity (Wildman–Crippen MR) is 116 cm³/mol. The number of ether oxygens (including phenoxy) is 1. The molecule has 2 aliphatic heterocycles. The minimum Gasteiger partial charge on any atom is -0.475 e. The number of amides is 2. The average Bonchev–Trinajstić information content (AvgIpc) is 3.46. The van der Waals surface area contributed by atoms with Crippen LogP contribution in [0.2, 0.25) is 0 Å². The first-order valence-corrected chi connectivity index (χ1v) is 11.8. The summed E-state index contributed by atoms with van der Waals surface area (Å²) < 4.78 is 5.61. The number of likely N-dealkylation sites (tertiary alicyclic amines) is 1. The van der Waals surface area contributed by atoms with Crippen molar-refractivity contribution in [3.05, 3.63) is 18.3 Å². The molecule has 7 nitrogen and oxygen atoms in total. The third-order valence-electron chi connectivity index (χ3n) is 7.80. The highest BCUT2D eigenvalue weighted by Crippen LogP contribution is 2.52. The molecule has 2 saturated heterocycles. The minimum atomic E-state index is -0.970. The molecule has 0 bridgehead atoms. The van der Waals surface area contributed by atoms with Crippen molar-refractivity contribution in [3.8, 4) is 5.88 Å². The first kappa shape index (κ1) is 20.7. The highest BCUT2D eigenvalue weighted by Gasteiger charge is 2.57. The second-order valence-corrected chi connectivity index (χ2v) is 10.3. The lowest BCUT2D eigenvalue weighted by Gasteiger charge is -2.47. The van der Waals surface area contributed by atoms with E-state index in [2.05, 4.69) is 4.98 Å². The molecule has 3 unspecified atom stereocenters. The van der Waals surface area contributed by atoms with Crippen molar-refractivity contribution in [2.75, 3.05) is 18.0 Å². The number of piperidine rings is 1. The van der Waals surface area contributed by atoms with Crippen LogP contribution >= 0.6 is 0 Å². The van der Waals surface area contributed by atoms with Crippen molar-refractivity contribution < 1.29 is 19.4 Å². The fourth-order valence-corrected chi connectivity index (χ4v) is 5.90. The van der Waals surface area contributed by atoms with Crippen LogP contribution in [0.1, 0.15) is 65.2 Å². The number of anilines is 1. The van der Waals surface area contributed by atoms with Crippen LogP contribution in [0.15, 0.2) is 18.3 Å². The molecule has 3 heterocycles. The van der Waals surface area contributed by atoms with Crippen LogP contribution in [0.5, 0.6) is 5.88 Å². The molecule has 0 aromatic carbocycles. The number of nitrogens with zero attached hydrogens (tertiary/aromatic N) is 3. The van der Waals surface area contributed by atoms with Gasteiger partial charge in [0.05, 0.1) is 23.6 Å². The van der Waals surface area contributed by atoms with Gasteiger partial charge in [0, 0.05) is 37.0 Å². The highest BCUT2D eigenvalue weighted by atomic mass is 16.5. The Morgan fingerprint density at radius 1 is 1.19 bits per heavy atom. The van der Waals surface area contributed by atoms with Crippen LogP contribution in [0, 0.1) is 11.8 Å². The fraction of sp³-hybridized carbons (Fsp3) is 0.708. The highest BCUT2D eigenvalue weighted by molar-refractivity contribution is 5.96. The molecule has 1 N–H and O–H groups in total. The molecule has 2 saturated carbocycles. The third kappa shape index (κ3) is 3.81. The Bertz CT molecular complexity index is 866. The summed E-state index contributed by atoms with van der Waals surface area (Å²) >= 11 is 0. The summed E-state index contributed by atoms with van der Waals surface area (Å²) in [5.41, 5.74) is -0.180. The monoisotopic (exact) mass is 427 g/mol. The molecule has 0 radical (unpaired) electrons. The van der Waals surface area contributed by atoms with Gasteiger partial charge in [0.2, 0.25) is 17.7 Å². The molecule has 4 fully saturated rings. The van der Waals surface area contributed by atoms with Gasteiger partial charge in [-0.15, -0.1) is 0 Å². The lowest BCUT2D eigenvalue weighted by molar-refractivity contribution is -0.140. The van der Waals surface area contributed by atoms with Crippen molar-refractivity contribution in [2.45, 2.75) is 82.5 Å². The predicted octanol–water partition coefficient (Wildman–Crippen LogP) is 2.91. The number of pyridine rings is 1. The van der Waals surface area contributed by atoms with Gasteiger partial charge in [-0.2, -0.15) is 0 Å². The van der Waals surface area contributed by atoms with E-state index in [1.807, 2.05) is 29.7 Å². The summed E-state index contributed by atoms with van der Waals surface area (Å²) in [7, 11) is 0. The van der Waals surface area contributed by atoms with Gasteiger partial charge in [-0.25, -0.2) is 4.98 Å². The topological polar surface area (TPSA) is 83.0 Å². The van der Waals surface area contributed by atoms with Gasteiger partial charge >= 0.3 is 0 Å². The summed E-state index contributed by atoms with van der Waals surface area (Å²) in [6, 6.07) is 3.69. The average molecular weight is 428 g/mol. The first-order chi connectivity index (χ1) is 14.8. The number of hydrogen-bond acceptors (Lipinski definition) is 5. The molecule has 2 aliphatic carbocycles. The maximum atomic E-state index is 13.4. The zero-order chi connectivity index (χ0) is 21.8. The number of hydrogen-bond donors (Lipinski definition) is 1. The van der Waals surface area contributed by atoms with Crippen molar-refractivity contribution in [2.24, 2.45) is 11.8 Å². The molecule has 1 aromatic rings. The lowest BCUT2D eigenvalue weighted by Crippen LogP contribution is -2.56. The largest absolute Gasteiger partial charge is 0.475 e. The molecular weight excluding hydrogens is 394 g/mol. The number of carbonyl (C=O) groups is 2. The Kier molecular flexibility index (Phi) is 5.00. The van der Waals surface area contributed by atoms with Crippen LogP contribution in [-0.4, -0.2) is 57.1 Å². The fourth-order valence-electron chi connectivity index (χ4n) is 5.90. The zero-order valence-corrected chi connectivity index (χ0v) is 18.5. The van der Waals surface area contributed by atoms with Crippen LogP contribution in [-0.2, 0) is 9.59 Å². The zero-order valence-electron chi connectivity index (χ0n) is 18.5. The maximum absolute atomic E-state index is 13.4. The normalized spacial score (nSPS) is 32.0. The second-order valence-electron chi connectivity index (χ2n) is 10.3. The van der Waals surface area contributed by atoms with Gasteiger partial charge in [-0.05, 0) is 70.8 Å². The van der Waals surface area contributed by atoms with Crippen molar-refractivity contribution in [3.63, 3.8) is 0 Å². The summed E-state index contributed by atoms with van der Waals surface area (Å²) in [4.78, 5) is 34.0. The molecule has 3 atom stereocenters. The molecule has 5 rings (SSSR count). The third-order valence-corrected chi connectivity index (χ3v) is 7.80. The van der Waals surface area contributed by atoms with E-state index in [-0.39, 0.29) is 29.4 Å². The van der Waals surface area contributed by atoms with E-state index in [1.54, 1.807) is 12.3 Å². The van der Waals surface area contributed by atoms with Gasteiger partial charge < -0.3 is 19.6 Å². The second kappa shape index (κ2) is 7.47. The van der Waals surface area contributed by atoms with E-state index < -0.39 is 5.60 Å². The van der Waals surface area contributed by atoms with E-state index in [0.717, 1.165) is 37.8 Å². The molecular formula is C24H33N3O4. The Morgan fingerprint density at radius 3 is 2.68 bits per heavy atom. The van der Waals surface area contributed by atoms with E-state index in [0.29, 0.717) is 44.1 Å². The summed E-state index contributed by atoms with van der Waals surface area (Å²) in [6.07, 6.45) is 8.26. The van der Waals surface area contributed by atoms with E-state index in [4.69, 9.17) is 4.74 Å². The smallest absolute Gasteiger partial charge is 0.230 e. The van der Waals surface area contributed by atoms with E-state index in [1.165, 1.54) is 0 Å². The number of aromatic nitrogens is 1. The number of aliphatic hydroxyl groups is 1. The van der Waals surface area contributed by atoms with Crippen LogP contribution < -0.4 is 9.64 Å². The minimum absolute atomic E-state index is 0.0117. The molecule has 168 valence electrons. The SMILES string of the molecule is CC(C)Oc1ccc(N2CCC3CCC(O)(CN4C(=O)CCC45CC5)CC3C2=O)cn1. The summed E-state index contributed by atoms with van der Waals surface area (Å²) in [5, 5.41) is 11.4. The lowest BCUT2D eigenvalue weighted by atomic mass is 9.68. The van der Waals surface area contributed by atoms with Crippen LogP contribution in [0.3, 0.4) is 0 Å². The van der Waals surface area contributed by atoms with Gasteiger partial charge in [0.25, 0.3) is 0 Å². The number of rotatable bonds is 5. The molecule has 31 heavy (non-hydrogen) atoms. The molecule has 4 aliphatic rings. The molecule has 2 amide bonds. The number of fused-ring (bicyclic) bond motifs is 1. The van der Waals surface area contributed by atoms with Gasteiger partial charge in [0.1, 0.15) is 0 Å². The van der Waals surface area contributed by atoms with Gasteiger partial charge in [0.15, 0.2) is 0 Å². The molecule has 7 heteroatoms. The van der Waals surface area contributed by atoms with E-state index in [9.17, 15) is 14.7 Å². The summed E-state index contributed by atoms with van der Waals surface area (Å²) in [5.74, 6) is 0.899. The van der Waals surface area contributed by atoms with Crippen molar-refractivity contribution >= 4 is 17.5 Å².